The van der Waals surface area contributed by atoms with Crippen LogP contribution in [0.5, 0.6) is 0 Å². The van der Waals surface area contributed by atoms with Crippen molar-refractivity contribution >= 4 is 5.91 Å². The van der Waals surface area contributed by atoms with Crippen LogP contribution in [0.4, 0.5) is 0 Å². The Bertz CT molecular complexity index is 1970. The van der Waals surface area contributed by atoms with E-state index in [1.54, 1.807) is 6.08 Å². The molecule has 0 aromatic heterocycles. The molecule has 0 aromatic carbocycles. The predicted octanol–water partition coefficient (Wildman–Crippen LogP) is 10.5. The minimum absolute atomic E-state index is 0.236. The standard InChI is InChI=1S/C74H131NO18/c1-3-5-7-9-11-13-14-15-16-17-18-19-20-21-22-23-24-25-26-27-28-29-30-31-32-33-34-35-36-37-38-39-40-41-42-44-46-48-50-52-62(80)75-57(58(79)51-49-47-45-43-12-10-8-6-4-2)56-88-72-68(86)65(83)70(60(54-77)90-72)93-74-69(87)66(84)71(61(55-78)91-74)92-73-67(85)64(82)63(81)59(53-76)89-73/h5,7,11-13,15-16,18-19,43,49,51,57-61,63-74,76-79,81-87H,3-4,6,8-10,14,17,20-42,44-48,50,52-56H2,1-2H3,(H,75,80)/b7-5-,13-11-,16-15-,19-18-,43-12+,51-49+. The summed E-state index contributed by atoms with van der Waals surface area (Å²) in [6.45, 7) is 1.54. The van der Waals surface area contributed by atoms with Gasteiger partial charge in [0, 0.05) is 6.42 Å². The summed E-state index contributed by atoms with van der Waals surface area (Å²) in [6, 6.07) is -0.988. The molecule has 19 heteroatoms. The van der Waals surface area contributed by atoms with Crippen LogP contribution in [-0.2, 0) is 33.2 Å². The van der Waals surface area contributed by atoms with Crippen LogP contribution in [0.2, 0.25) is 0 Å². The van der Waals surface area contributed by atoms with Gasteiger partial charge in [0.05, 0.1) is 38.6 Å². The Balaban J connectivity index is 1.26. The highest BCUT2D eigenvalue weighted by atomic mass is 16.8. The third kappa shape index (κ3) is 36.6. The minimum Gasteiger partial charge on any atom is -0.394 e. The van der Waals surface area contributed by atoms with Gasteiger partial charge in [-0.15, -0.1) is 0 Å². The smallest absolute Gasteiger partial charge is 0.220 e. The summed E-state index contributed by atoms with van der Waals surface area (Å²) < 4.78 is 34.2. The molecule has 3 rings (SSSR count). The molecule has 17 atom stereocenters. The van der Waals surface area contributed by atoms with E-state index in [1.807, 2.05) is 6.08 Å². The van der Waals surface area contributed by atoms with Crippen LogP contribution in [0.1, 0.15) is 258 Å². The molecule has 0 saturated carbocycles. The van der Waals surface area contributed by atoms with Crippen LogP contribution in [0.15, 0.2) is 72.9 Å². The van der Waals surface area contributed by atoms with Gasteiger partial charge in [-0.25, -0.2) is 0 Å². The fourth-order valence-corrected chi connectivity index (χ4v) is 12.1. The van der Waals surface area contributed by atoms with Gasteiger partial charge in [-0.1, -0.05) is 254 Å². The fourth-order valence-electron chi connectivity index (χ4n) is 12.1. The molecule has 0 bridgehead atoms. The quantitative estimate of drug-likeness (QED) is 0.0199. The highest BCUT2D eigenvalue weighted by Crippen LogP contribution is 2.33. The van der Waals surface area contributed by atoms with E-state index < -0.39 is 124 Å². The van der Waals surface area contributed by atoms with Gasteiger partial charge in [0.25, 0.3) is 0 Å². The number of hydrogen-bond acceptors (Lipinski definition) is 18. The van der Waals surface area contributed by atoms with Crippen molar-refractivity contribution in [3.63, 3.8) is 0 Å². The third-order valence-corrected chi connectivity index (χ3v) is 18.0. The first-order valence-electron chi connectivity index (χ1n) is 36.7. The molecule has 0 aliphatic carbocycles. The summed E-state index contributed by atoms with van der Waals surface area (Å²) in [7, 11) is 0. The van der Waals surface area contributed by atoms with Gasteiger partial charge in [-0.05, 0) is 70.6 Å². The second-order valence-corrected chi connectivity index (χ2v) is 26.0. The van der Waals surface area contributed by atoms with E-state index in [2.05, 4.69) is 79.9 Å². The van der Waals surface area contributed by atoms with E-state index in [1.165, 1.54) is 154 Å². The predicted molar refractivity (Wildman–Crippen MR) is 365 cm³/mol. The number of nitrogens with one attached hydrogen (secondary N) is 1. The highest BCUT2D eigenvalue weighted by Gasteiger charge is 2.53. The fraction of sp³-hybridized carbons (Fsp3) is 0.824. The monoisotopic (exact) mass is 1320 g/mol. The molecular formula is C74H131NO18. The molecule has 3 heterocycles. The maximum Gasteiger partial charge on any atom is 0.220 e. The van der Waals surface area contributed by atoms with Gasteiger partial charge >= 0.3 is 0 Å². The molecule has 0 radical (unpaired) electrons. The molecule has 1 amide bonds. The van der Waals surface area contributed by atoms with Gasteiger partial charge in [-0.3, -0.25) is 4.79 Å². The zero-order chi connectivity index (χ0) is 67.5. The van der Waals surface area contributed by atoms with Crippen molar-refractivity contribution in [3.8, 4) is 0 Å². The van der Waals surface area contributed by atoms with Gasteiger partial charge in [0.2, 0.25) is 5.91 Å². The Morgan fingerprint density at radius 1 is 0.398 bits per heavy atom. The number of hydrogen-bond donors (Lipinski definition) is 12. The van der Waals surface area contributed by atoms with Crippen LogP contribution >= 0.6 is 0 Å². The molecule has 17 unspecified atom stereocenters. The van der Waals surface area contributed by atoms with Crippen LogP contribution in [0, 0.1) is 0 Å². The molecule has 3 saturated heterocycles. The van der Waals surface area contributed by atoms with Crippen LogP contribution in [0.25, 0.3) is 0 Å². The van der Waals surface area contributed by atoms with E-state index in [-0.39, 0.29) is 18.9 Å². The van der Waals surface area contributed by atoms with Crippen molar-refractivity contribution in [2.45, 2.75) is 362 Å². The maximum absolute atomic E-state index is 13.3. The lowest BCUT2D eigenvalue weighted by molar-refractivity contribution is -0.379. The molecule has 3 aliphatic heterocycles. The van der Waals surface area contributed by atoms with E-state index in [0.29, 0.717) is 12.8 Å². The Kier molecular flexibility index (Phi) is 50.1. The number of allylic oxidation sites excluding steroid dienone is 11. The summed E-state index contributed by atoms with van der Waals surface area (Å²) in [5.74, 6) is -0.286. The Hall–Kier alpha value is -2.77. The zero-order valence-electron chi connectivity index (χ0n) is 57.2. The Morgan fingerprint density at radius 2 is 0.753 bits per heavy atom. The first-order valence-corrected chi connectivity index (χ1v) is 36.7. The summed E-state index contributed by atoms with van der Waals surface area (Å²) in [4.78, 5) is 13.3. The second-order valence-electron chi connectivity index (χ2n) is 26.0. The summed E-state index contributed by atoms with van der Waals surface area (Å²) in [6.07, 6.45) is 43.9. The molecular weight excluding hydrogens is 1190 g/mol. The van der Waals surface area contributed by atoms with Gasteiger partial charge in [0.15, 0.2) is 18.9 Å². The van der Waals surface area contributed by atoms with Crippen molar-refractivity contribution < 1.29 is 89.4 Å². The summed E-state index contributed by atoms with van der Waals surface area (Å²) in [5.41, 5.74) is 0. The second kappa shape index (κ2) is 55.1. The van der Waals surface area contributed by atoms with Crippen LogP contribution in [0.3, 0.4) is 0 Å². The van der Waals surface area contributed by atoms with Crippen molar-refractivity contribution in [1.29, 1.82) is 0 Å². The number of amides is 1. The number of ether oxygens (including phenoxy) is 6. The first kappa shape index (κ1) is 84.5. The first-order chi connectivity index (χ1) is 45.3. The van der Waals surface area contributed by atoms with Crippen LogP contribution in [-0.4, -0.2) is 193 Å². The zero-order valence-corrected chi connectivity index (χ0v) is 57.2. The van der Waals surface area contributed by atoms with E-state index in [4.69, 9.17) is 28.4 Å². The molecule has 3 fully saturated rings. The number of rotatable bonds is 56. The van der Waals surface area contributed by atoms with Crippen molar-refractivity contribution in [2.75, 3.05) is 26.4 Å². The summed E-state index contributed by atoms with van der Waals surface area (Å²) >= 11 is 0. The van der Waals surface area contributed by atoms with Gasteiger partial charge in [-0.2, -0.15) is 0 Å². The summed E-state index contributed by atoms with van der Waals surface area (Å²) in [5, 5.41) is 120. The SMILES string of the molecule is CC/C=C\C/C=C\C/C=C\C/C=C\CCCCCCCCCCCCCCCCCCCCCCCCCCCCC(=O)NC(COC1OC(CO)C(OC2OC(CO)C(OC3OC(CO)C(O)C(O)C3O)C(O)C2O)C(O)C1O)C(O)/C=C/CC/C=C/CCCCC. The number of carbonyl (C=O) groups excluding carboxylic acids is 1. The van der Waals surface area contributed by atoms with Crippen molar-refractivity contribution in [3.05, 3.63) is 72.9 Å². The van der Waals surface area contributed by atoms with E-state index in [0.717, 1.165) is 70.6 Å². The number of unbranched alkanes of at least 4 members (excludes halogenated alkanes) is 30. The highest BCUT2D eigenvalue weighted by molar-refractivity contribution is 5.76. The molecule has 12 N–H and O–H groups in total. The molecule has 0 spiro atoms. The topological polar surface area (TPSA) is 307 Å². The number of carbonyl (C=O) groups is 1. The lowest BCUT2D eigenvalue weighted by atomic mass is 9.96. The van der Waals surface area contributed by atoms with Crippen molar-refractivity contribution in [2.24, 2.45) is 0 Å². The lowest BCUT2D eigenvalue weighted by Crippen LogP contribution is -2.66. The molecule has 540 valence electrons. The normalized spacial score (nSPS) is 27.9. The largest absolute Gasteiger partial charge is 0.394 e. The molecule has 93 heavy (non-hydrogen) atoms. The van der Waals surface area contributed by atoms with Gasteiger partial charge in [0.1, 0.15) is 73.2 Å². The Morgan fingerprint density at radius 3 is 1.20 bits per heavy atom. The van der Waals surface area contributed by atoms with Crippen LogP contribution < -0.4 is 5.32 Å². The molecule has 3 aliphatic rings. The minimum atomic E-state index is -1.98. The number of aliphatic hydroxyl groups excluding tert-OH is 11. The molecule has 0 aromatic rings. The third-order valence-electron chi connectivity index (χ3n) is 18.0. The number of aliphatic hydroxyl groups is 11. The average molecular weight is 1320 g/mol. The Labute approximate surface area is 559 Å². The average Bonchev–Trinajstić information content (AvgIpc) is 0.828. The van der Waals surface area contributed by atoms with Gasteiger partial charge < -0.3 is 89.9 Å². The lowest BCUT2D eigenvalue weighted by Gasteiger charge is -2.48. The van der Waals surface area contributed by atoms with E-state index >= 15 is 0 Å². The van der Waals surface area contributed by atoms with Crippen molar-refractivity contribution in [1.82, 2.24) is 5.32 Å². The molecule has 19 nitrogen and oxygen atoms in total. The maximum atomic E-state index is 13.3. The van der Waals surface area contributed by atoms with E-state index in [9.17, 15) is 61.0 Å².